The summed E-state index contributed by atoms with van der Waals surface area (Å²) in [6, 6.07) is 28.2. The molecule has 0 aliphatic carbocycles. The molecule has 16 heteroatoms. The number of benzene rings is 4. The highest BCUT2D eigenvalue weighted by atomic mass is 35.5. The van der Waals surface area contributed by atoms with E-state index in [9.17, 15) is 0 Å². The molecule has 4 rings (SSSR count). The third kappa shape index (κ3) is 12.1. The molecule has 0 amide bonds. The topological polar surface area (TPSA) is 105 Å². The molecule has 0 saturated carbocycles. The largest absolute Gasteiger partial charge is 0.424 e. The maximum atomic E-state index is 5.81. The molecule has 10 nitrogen and oxygen atoms in total. The van der Waals surface area contributed by atoms with Gasteiger partial charge in [-0.05, 0) is 97.1 Å². The van der Waals surface area contributed by atoms with Crippen molar-refractivity contribution >= 4 is 83.0 Å². The molecule has 0 N–H and O–H groups in total. The van der Waals surface area contributed by atoms with Gasteiger partial charge in [-0.1, -0.05) is 23.2 Å². The van der Waals surface area contributed by atoms with E-state index in [2.05, 4.69) is 20.5 Å². The third-order valence-electron chi connectivity index (χ3n) is 5.22. The van der Waals surface area contributed by atoms with Gasteiger partial charge < -0.3 is 27.1 Å². The summed E-state index contributed by atoms with van der Waals surface area (Å²) < 4.78 is 31.3. The molecule has 4 aromatic carbocycles. The number of halogens is 2. The summed E-state index contributed by atoms with van der Waals surface area (Å²) in [5.41, 5.74) is 2.81. The van der Waals surface area contributed by atoms with Gasteiger partial charge in [-0.3, -0.25) is 0 Å². The first-order valence-electron chi connectivity index (χ1n) is 12.5. The first kappa shape index (κ1) is 35.9. The van der Waals surface area contributed by atoms with Crippen molar-refractivity contribution in [1.29, 1.82) is 0 Å². The van der Waals surface area contributed by atoms with Crippen molar-refractivity contribution < 1.29 is 27.1 Å². The molecule has 0 heterocycles. The molecule has 0 spiro atoms. The van der Waals surface area contributed by atoms with Crippen LogP contribution in [0.2, 0.25) is 10.0 Å². The second-order valence-electron chi connectivity index (χ2n) is 8.15. The number of hydrogen-bond acceptors (Lipinski definition) is 12. The zero-order chi connectivity index (χ0) is 32.0. The Bertz CT molecular complexity index is 1490. The van der Waals surface area contributed by atoms with Gasteiger partial charge in [0.1, 0.15) is 11.5 Å². The average molecular weight is 714 g/mol. The van der Waals surface area contributed by atoms with Gasteiger partial charge in [0.25, 0.3) is 0 Å². The lowest BCUT2D eigenvalue weighted by Crippen LogP contribution is -1.96. The van der Waals surface area contributed by atoms with Crippen LogP contribution in [0.4, 0.5) is 22.7 Å². The van der Waals surface area contributed by atoms with E-state index >= 15 is 0 Å². The van der Waals surface area contributed by atoms with E-state index in [4.69, 9.17) is 74.0 Å². The van der Waals surface area contributed by atoms with E-state index in [-0.39, 0.29) is 0 Å². The second kappa shape index (κ2) is 17.8. The minimum Gasteiger partial charge on any atom is -0.424 e. The minimum absolute atomic E-state index is 0.553. The molecule has 0 saturated heterocycles. The molecule has 0 unspecified atom stereocenters. The zero-order valence-electron chi connectivity index (χ0n) is 23.9. The molecule has 0 atom stereocenters. The van der Waals surface area contributed by atoms with Gasteiger partial charge in [0, 0.05) is 62.1 Å². The highest BCUT2D eigenvalue weighted by molar-refractivity contribution is 8.08. The molecule has 0 aliphatic rings. The van der Waals surface area contributed by atoms with Crippen LogP contribution < -0.4 is 9.05 Å². The molecule has 232 valence electrons. The highest BCUT2D eigenvalue weighted by Gasteiger charge is 2.19. The fourth-order valence-electron chi connectivity index (χ4n) is 2.95. The third-order valence-corrected chi connectivity index (χ3v) is 10.6. The summed E-state index contributed by atoms with van der Waals surface area (Å²) in [7, 11) is 5.83. The Morgan fingerprint density at radius 2 is 0.659 bits per heavy atom. The molecule has 0 radical (unpaired) electrons. The van der Waals surface area contributed by atoms with Crippen molar-refractivity contribution in [3.63, 3.8) is 0 Å². The fraction of sp³-hybridized carbons (Fsp3) is 0.143. The van der Waals surface area contributed by atoms with Crippen molar-refractivity contribution in [1.82, 2.24) is 0 Å². The Morgan fingerprint density at radius 1 is 0.432 bits per heavy atom. The van der Waals surface area contributed by atoms with Gasteiger partial charge in [0.05, 0.1) is 22.7 Å². The van der Waals surface area contributed by atoms with Crippen molar-refractivity contribution in [2.75, 3.05) is 28.4 Å². The zero-order valence-corrected chi connectivity index (χ0v) is 28.9. The number of rotatable bonds is 12. The molecule has 0 bridgehead atoms. The number of azo groups is 2. The van der Waals surface area contributed by atoms with Crippen LogP contribution in [0.25, 0.3) is 0 Å². The average Bonchev–Trinajstić information content (AvgIpc) is 3.06. The normalized spacial score (nSPS) is 11.8. The molecular formula is C28H28Cl2N4O6P2S2. The second-order valence-corrected chi connectivity index (χ2v) is 15.3. The standard InChI is InChI=1S/2C14H14ClN2O3PS/c2*1-18-21(22,19-2)20-14-9-7-13(8-10-14)17-16-12-5-3-11(15)4-6-12/h2*3-10H,1-2H3/b2*17-16+. The van der Waals surface area contributed by atoms with Crippen molar-refractivity contribution in [3.8, 4) is 11.5 Å². The van der Waals surface area contributed by atoms with Crippen LogP contribution in [-0.2, 0) is 41.7 Å². The van der Waals surface area contributed by atoms with Gasteiger partial charge >= 0.3 is 13.4 Å². The van der Waals surface area contributed by atoms with Gasteiger partial charge in [-0.25, -0.2) is 0 Å². The van der Waals surface area contributed by atoms with Gasteiger partial charge in [0.15, 0.2) is 0 Å². The smallest absolute Gasteiger partial charge is 0.380 e. The summed E-state index contributed by atoms with van der Waals surface area (Å²) in [6.07, 6.45) is 0. The predicted molar refractivity (Wildman–Crippen MR) is 182 cm³/mol. The fourth-order valence-corrected chi connectivity index (χ4v) is 5.07. The highest BCUT2D eigenvalue weighted by Crippen LogP contribution is 2.49. The minimum atomic E-state index is -2.72. The molecule has 4 aromatic rings. The number of hydrogen-bond donors (Lipinski definition) is 0. The maximum absolute atomic E-state index is 5.81. The Labute approximate surface area is 276 Å². The van der Waals surface area contributed by atoms with Crippen molar-refractivity contribution in [3.05, 3.63) is 107 Å². The van der Waals surface area contributed by atoms with Crippen LogP contribution in [0.1, 0.15) is 0 Å². The van der Waals surface area contributed by atoms with Crippen molar-refractivity contribution in [2.45, 2.75) is 0 Å². The van der Waals surface area contributed by atoms with E-state index in [1.807, 2.05) is 0 Å². The molecule has 44 heavy (non-hydrogen) atoms. The molecule has 0 aromatic heterocycles. The van der Waals surface area contributed by atoms with E-state index in [1.165, 1.54) is 28.4 Å². The van der Waals surface area contributed by atoms with Crippen LogP contribution in [-0.4, -0.2) is 28.4 Å². The molecule has 0 aliphatic heterocycles. The van der Waals surface area contributed by atoms with Gasteiger partial charge in [-0.2, -0.15) is 20.5 Å². The van der Waals surface area contributed by atoms with Gasteiger partial charge in [0.2, 0.25) is 0 Å². The lowest BCUT2D eigenvalue weighted by atomic mass is 10.3. The van der Waals surface area contributed by atoms with Crippen LogP contribution in [0.3, 0.4) is 0 Å². The Balaban J connectivity index is 0.000000240. The van der Waals surface area contributed by atoms with E-state index < -0.39 is 13.4 Å². The molecular weight excluding hydrogens is 685 g/mol. The Hall–Kier alpha value is -2.60. The van der Waals surface area contributed by atoms with Gasteiger partial charge in [-0.15, -0.1) is 0 Å². The quantitative estimate of drug-likeness (QED) is 0.106. The van der Waals surface area contributed by atoms with Crippen LogP contribution in [0.5, 0.6) is 11.5 Å². The van der Waals surface area contributed by atoms with Crippen LogP contribution in [0.15, 0.2) is 118 Å². The predicted octanol–water partition coefficient (Wildman–Crippen LogP) is 11.3. The SMILES string of the molecule is COP(=S)(OC)Oc1ccc(/N=N/c2ccc(Cl)cc2)cc1.COP(=S)(OC)Oc1ccc(/N=N/c2ccc(Cl)cc2)cc1. The summed E-state index contributed by atoms with van der Waals surface area (Å²) >= 11 is 21.9. The molecule has 0 fully saturated rings. The maximum Gasteiger partial charge on any atom is 0.380 e. The Kier molecular flexibility index (Phi) is 14.5. The lowest BCUT2D eigenvalue weighted by molar-refractivity contribution is 0.272. The van der Waals surface area contributed by atoms with E-state index in [0.29, 0.717) is 32.9 Å². The summed E-state index contributed by atoms with van der Waals surface area (Å²) in [5.74, 6) is 1.11. The van der Waals surface area contributed by atoms with E-state index in [1.54, 1.807) is 97.1 Å². The Morgan fingerprint density at radius 3 is 0.886 bits per heavy atom. The van der Waals surface area contributed by atoms with Crippen LogP contribution >= 0.6 is 36.6 Å². The monoisotopic (exact) mass is 712 g/mol. The van der Waals surface area contributed by atoms with Crippen LogP contribution in [0, 0.1) is 0 Å². The summed E-state index contributed by atoms with van der Waals surface area (Å²) in [4.78, 5) is 0. The first-order chi connectivity index (χ1) is 21.1. The van der Waals surface area contributed by atoms with E-state index in [0.717, 1.165) is 11.4 Å². The number of nitrogens with zero attached hydrogens (tertiary/aromatic N) is 4. The first-order valence-corrected chi connectivity index (χ1v) is 18.3. The van der Waals surface area contributed by atoms with Crippen molar-refractivity contribution in [2.24, 2.45) is 20.5 Å². The lowest BCUT2D eigenvalue weighted by Gasteiger charge is -2.17. The summed E-state index contributed by atoms with van der Waals surface area (Å²) in [5, 5.41) is 17.8. The summed E-state index contributed by atoms with van der Waals surface area (Å²) in [6.45, 7) is -5.44.